The largest absolute Gasteiger partial charge is 0.342 e. The highest BCUT2D eigenvalue weighted by atomic mass is 16.2. The third kappa shape index (κ3) is 2.89. The molecule has 3 heterocycles. The highest BCUT2D eigenvalue weighted by Gasteiger charge is 2.39. The number of amides is 2. The number of rotatable bonds is 2. The fourth-order valence-electron chi connectivity index (χ4n) is 3.02. The number of carbonyl (C=O) groups is 2. The molecule has 6 heteroatoms. The van der Waals surface area contributed by atoms with Crippen molar-refractivity contribution in [2.45, 2.75) is 19.8 Å². The van der Waals surface area contributed by atoms with Gasteiger partial charge in [0, 0.05) is 38.6 Å². The number of likely N-dealkylation sites (tertiary alicyclic amines) is 2. The molecule has 1 aromatic heterocycles. The molecule has 2 aliphatic rings. The number of carbonyl (C=O) groups excluding carboxylic acids is 2. The van der Waals surface area contributed by atoms with E-state index in [9.17, 15) is 9.59 Å². The first-order chi connectivity index (χ1) is 10.1. The number of aromatic nitrogens is 2. The molecule has 0 bridgehead atoms. The summed E-state index contributed by atoms with van der Waals surface area (Å²) in [6, 6.07) is 0. The minimum atomic E-state index is -0.140. The zero-order valence-corrected chi connectivity index (χ0v) is 12.2. The van der Waals surface area contributed by atoms with Crippen LogP contribution in [0.5, 0.6) is 0 Å². The van der Waals surface area contributed by atoms with Gasteiger partial charge in [-0.25, -0.2) is 4.98 Å². The minimum Gasteiger partial charge on any atom is -0.342 e. The van der Waals surface area contributed by atoms with Crippen molar-refractivity contribution in [2.75, 3.05) is 26.2 Å². The van der Waals surface area contributed by atoms with Crippen molar-refractivity contribution in [1.82, 2.24) is 19.8 Å². The molecule has 2 amide bonds. The molecule has 112 valence electrons. The van der Waals surface area contributed by atoms with E-state index in [1.807, 2.05) is 4.90 Å². The predicted octanol–water partition coefficient (Wildman–Crippen LogP) is 0.807. The topological polar surface area (TPSA) is 66.4 Å². The Morgan fingerprint density at radius 2 is 2.00 bits per heavy atom. The lowest BCUT2D eigenvalue weighted by atomic mass is 9.94. The molecule has 2 aliphatic heterocycles. The molecule has 1 aromatic rings. The molecular formula is C15H20N4O2. The van der Waals surface area contributed by atoms with E-state index < -0.39 is 0 Å². The van der Waals surface area contributed by atoms with Gasteiger partial charge in [0.1, 0.15) is 5.69 Å². The molecule has 0 aliphatic carbocycles. The van der Waals surface area contributed by atoms with Gasteiger partial charge in [0.2, 0.25) is 5.91 Å². The van der Waals surface area contributed by atoms with Gasteiger partial charge in [0.05, 0.1) is 12.1 Å². The molecule has 0 aromatic carbocycles. The summed E-state index contributed by atoms with van der Waals surface area (Å²) in [5.74, 6) is 0.597. The van der Waals surface area contributed by atoms with Crippen LogP contribution in [0.15, 0.2) is 18.6 Å². The molecule has 1 atom stereocenters. The third-order valence-corrected chi connectivity index (χ3v) is 4.27. The second kappa shape index (κ2) is 5.79. The quantitative estimate of drug-likeness (QED) is 0.807. The van der Waals surface area contributed by atoms with Gasteiger partial charge >= 0.3 is 0 Å². The molecule has 3 rings (SSSR count). The lowest BCUT2D eigenvalue weighted by molar-refractivity contribution is -0.141. The Balaban J connectivity index is 1.53. The van der Waals surface area contributed by atoms with Gasteiger partial charge in [0.25, 0.3) is 5.91 Å². The maximum atomic E-state index is 12.4. The summed E-state index contributed by atoms with van der Waals surface area (Å²) < 4.78 is 0. The summed E-state index contributed by atoms with van der Waals surface area (Å²) in [4.78, 5) is 36.0. The van der Waals surface area contributed by atoms with Crippen LogP contribution in [-0.4, -0.2) is 57.8 Å². The molecule has 0 radical (unpaired) electrons. The van der Waals surface area contributed by atoms with E-state index >= 15 is 0 Å². The van der Waals surface area contributed by atoms with Gasteiger partial charge in [-0.05, 0) is 18.8 Å². The van der Waals surface area contributed by atoms with E-state index in [1.165, 1.54) is 25.0 Å². The second-order valence-corrected chi connectivity index (χ2v) is 6.03. The smallest absolute Gasteiger partial charge is 0.274 e. The van der Waals surface area contributed by atoms with Crippen LogP contribution < -0.4 is 0 Å². The number of piperidine rings is 1. The monoisotopic (exact) mass is 288 g/mol. The Hall–Kier alpha value is -1.98. The van der Waals surface area contributed by atoms with Crippen LogP contribution >= 0.6 is 0 Å². The number of hydrogen-bond acceptors (Lipinski definition) is 4. The zero-order chi connectivity index (χ0) is 14.8. The van der Waals surface area contributed by atoms with Crippen LogP contribution in [-0.2, 0) is 4.79 Å². The Labute approximate surface area is 124 Å². The van der Waals surface area contributed by atoms with Crippen molar-refractivity contribution in [1.29, 1.82) is 0 Å². The molecule has 21 heavy (non-hydrogen) atoms. The fraction of sp³-hybridized carbons (Fsp3) is 0.600. The van der Waals surface area contributed by atoms with Crippen molar-refractivity contribution >= 4 is 11.8 Å². The fourth-order valence-corrected chi connectivity index (χ4v) is 3.02. The zero-order valence-electron chi connectivity index (χ0n) is 12.2. The lowest BCUT2D eigenvalue weighted by Crippen LogP contribution is -2.57. The van der Waals surface area contributed by atoms with E-state index in [4.69, 9.17) is 0 Å². The molecule has 6 nitrogen and oxygen atoms in total. The molecule has 0 N–H and O–H groups in total. The maximum Gasteiger partial charge on any atom is 0.274 e. The van der Waals surface area contributed by atoms with Gasteiger partial charge in [0.15, 0.2) is 0 Å². The van der Waals surface area contributed by atoms with Crippen LogP contribution in [0.2, 0.25) is 0 Å². The normalized spacial score (nSPS) is 22.8. The van der Waals surface area contributed by atoms with Gasteiger partial charge in [-0.3, -0.25) is 14.6 Å². The SMILES string of the molecule is CC1CCCN(C(=O)C2CN(C(=O)c3cnccn3)C2)C1. The Bertz CT molecular complexity index is 528. The van der Waals surface area contributed by atoms with E-state index in [0.29, 0.717) is 24.7 Å². The van der Waals surface area contributed by atoms with Crippen LogP contribution in [0.4, 0.5) is 0 Å². The van der Waals surface area contributed by atoms with Crippen LogP contribution in [0.1, 0.15) is 30.3 Å². The van der Waals surface area contributed by atoms with E-state index in [2.05, 4.69) is 16.9 Å². The first kappa shape index (κ1) is 14.0. The number of hydrogen-bond donors (Lipinski definition) is 0. The van der Waals surface area contributed by atoms with Gasteiger partial charge in [-0.15, -0.1) is 0 Å². The van der Waals surface area contributed by atoms with E-state index in [0.717, 1.165) is 19.5 Å². The van der Waals surface area contributed by atoms with Crippen molar-refractivity contribution in [3.05, 3.63) is 24.3 Å². The third-order valence-electron chi connectivity index (χ3n) is 4.27. The molecular weight excluding hydrogens is 268 g/mol. The summed E-state index contributed by atoms with van der Waals surface area (Å²) in [7, 11) is 0. The predicted molar refractivity (Wildman–Crippen MR) is 76.4 cm³/mol. The Kier molecular flexibility index (Phi) is 3.86. The first-order valence-electron chi connectivity index (χ1n) is 7.49. The molecule has 2 saturated heterocycles. The summed E-state index contributed by atoms with van der Waals surface area (Å²) in [5, 5.41) is 0. The van der Waals surface area contributed by atoms with Crippen LogP contribution in [0, 0.1) is 11.8 Å². The Morgan fingerprint density at radius 3 is 2.67 bits per heavy atom. The van der Waals surface area contributed by atoms with Gasteiger partial charge in [-0.2, -0.15) is 0 Å². The van der Waals surface area contributed by atoms with E-state index in [-0.39, 0.29) is 17.7 Å². The van der Waals surface area contributed by atoms with Crippen molar-refractivity contribution in [3.8, 4) is 0 Å². The maximum absolute atomic E-state index is 12.4. The summed E-state index contributed by atoms with van der Waals surface area (Å²) in [6.45, 7) is 4.90. The summed E-state index contributed by atoms with van der Waals surface area (Å²) >= 11 is 0. The van der Waals surface area contributed by atoms with Gasteiger partial charge < -0.3 is 9.80 Å². The van der Waals surface area contributed by atoms with Gasteiger partial charge in [-0.1, -0.05) is 6.92 Å². The first-order valence-corrected chi connectivity index (χ1v) is 7.49. The summed E-state index contributed by atoms with van der Waals surface area (Å²) in [6.07, 6.45) is 6.79. The highest BCUT2D eigenvalue weighted by molar-refractivity contribution is 5.94. The van der Waals surface area contributed by atoms with Crippen molar-refractivity contribution in [2.24, 2.45) is 11.8 Å². The van der Waals surface area contributed by atoms with Crippen molar-refractivity contribution in [3.63, 3.8) is 0 Å². The van der Waals surface area contributed by atoms with E-state index in [1.54, 1.807) is 4.90 Å². The molecule has 0 saturated carbocycles. The van der Waals surface area contributed by atoms with Crippen LogP contribution in [0.25, 0.3) is 0 Å². The average molecular weight is 288 g/mol. The minimum absolute atomic E-state index is 0.0454. The molecule has 2 fully saturated rings. The van der Waals surface area contributed by atoms with Crippen molar-refractivity contribution < 1.29 is 9.59 Å². The summed E-state index contributed by atoms with van der Waals surface area (Å²) in [5.41, 5.74) is 0.343. The molecule has 1 unspecified atom stereocenters. The standard InChI is InChI=1S/C15H20N4O2/c1-11-3-2-6-18(8-11)14(20)12-9-19(10-12)15(21)13-7-16-4-5-17-13/h4-5,7,11-12H,2-3,6,8-10H2,1H3. The lowest BCUT2D eigenvalue weighted by Gasteiger charge is -2.42. The highest BCUT2D eigenvalue weighted by Crippen LogP contribution is 2.23. The molecule has 0 spiro atoms. The second-order valence-electron chi connectivity index (χ2n) is 6.03. The number of nitrogens with zero attached hydrogens (tertiary/aromatic N) is 4. The Morgan fingerprint density at radius 1 is 1.19 bits per heavy atom. The van der Waals surface area contributed by atoms with Crippen LogP contribution in [0.3, 0.4) is 0 Å². The average Bonchev–Trinajstić information content (AvgIpc) is 2.46.